The maximum Gasteiger partial charge on any atom is 0.433 e. The molecule has 1 fully saturated rings. The third kappa shape index (κ3) is 2.58. The largest absolute Gasteiger partial charge is 0.433 e. The summed E-state index contributed by atoms with van der Waals surface area (Å²) < 4.78 is 37.6. The zero-order valence-electron chi connectivity index (χ0n) is 10.0. The Morgan fingerprint density at radius 3 is 2.72 bits per heavy atom. The molecule has 3 nitrogen and oxygen atoms in total. The fourth-order valence-corrected chi connectivity index (χ4v) is 2.10. The summed E-state index contributed by atoms with van der Waals surface area (Å²) in [5.74, 6) is 0.272. The van der Waals surface area contributed by atoms with Gasteiger partial charge in [-0.05, 0) is 25.0 Å². The molecule has 2 heterocycles. The number of nitrogens with zero attached hydrogens (tertiary/aromatic N) is 2. The van der Waals surface area contributed by atoms with Gasteiger partial charge in [0.1, 0.15) is 11.5 Å². The van der Waals surface area contributed by atoms with E-state index in [4.69, 9.17) is 0 Å². The highest BCUT2D eigenvalue weighted by molar-refractivity contribution is 5.42. The molecule has 0 unspecified atom stereocenters. The van der Waals surface area contributed by atoms with Crippen LogP contribution in [0.4, 0.5) is 19.0 Å². The van der Waals surface area contributed by atoms with Crippen LogP contribution >= 0.6 is 0 Å². The van der Waals surface area contributed by atoms with Crippen molar-refractivity contribution in [3.8, 4) is 0 Å². The Morgan fingerprint density at radius 2 is 2.17 bits per heavy atom. The van der Waals surface area contributed by atoms with Crippen LogP contribution in [-0.4, -0.2) is 28.8 Å². The van der Waals surface area contributed by atoms with Crippen molar-refractivity contribution in [1.29, 1.82) is 0 Å². The average molecular weight is 260 g/mol. The lowest BCUT2D eigenvalue weighted by Gasteiger charge is -2.22. The monoisotopic (exact) mass is 260 g/mol. The molecule has 0 aliphatic carbocycles. The van der Waals surface area contributed by atoms with Crippen LogP contribution in [0.5, 0.6) is 0 Å². The van der Waals surface area contributed by atoms with Crippen LogP contribution in [0, 0.1) is 0 Å². The van der Waals surface area contributed by atoms with Crippen molar-refractivity contribution in [2.24, 2.45) is 0 Å². The summed E-state index contributed by atoms with van der Waals surface area (Å²) >= 11 is 0. The summed E-state index contributed by atoms with van der Waals surface area (Å²) in [5, 5.41) is 10.1. The SMILES string of the molecule is CC[C@]1(O)CCN(c2cccc(C(F)(F)F)n2)C1. The molecular formula is C12H15F3N2O. The van der Waals surface area contributed by atoms with Crippen LogP contribution in [0.2, 0.25) is 0 Å². The van der Waals surface area contributed by atoms with Gasteiger partial charge in [-0.3, -0.25) is 0 Å². The van der Waals surface area contributed by atoms with Gasteiger partial charge in [-0.2, -0.15) is 13.2 Å². The molecule has 1 aliphatic heterocycles. The van der Waals surface area contributed by atoms with E-state index in [0.29, 0.717) is 25.9 Å². The predicted octanol–water partition coefficient (Wildman–Crippen LogP) is 2.45. The van der Waals surface area contributed by atoms with Gasteiger partial charge in [0, 0.05) is 13.1 Å². The molecule has 1 aliphatic rings. The Hall–Kier alpha value is -1.30. The summed E-state index contributed by atoms with van der Waals surface area (Å²) in [5.41, 5.74) is -1.71. The second kappa shape index (κ2) is 4.42. The van der Waals surface area contributed by atoms with E-state index in [1.165, 1.54) is 12.1 Å². The van der Waals surface area contributed by atoms with E-state index in [-0.39, 0.29) is 5.82 Å². The van der Waals surface area contributed by atoms with Crippen LogP contribution in [0.15, 0.2) is 18.2 Å². The molecule has 18 heavy (non-hydrogen) atoms. The lowest BCUT2D eigenvalue weighted by Crippen LogP contribution is -2.32. The Balaban J connectivity index is 2.21. The maximum atomic E-state index is 12.5. The van der Waals surface area contributed by atoms with Crippen LogP contribution in [0.25, 0.3) is 0 Å². The quantitative estimate of drug-likeness (QED) is 0.887. The third-order valence-corrected chi connectivity index (χ3v) is 3.34. The molecule has 0 aromatic carbocycles. The van der Waals surface area contributed by atoms with Crippen LogP contribution in [-0.2, 0) is 6.18 Å². The van der Waals surface area contributed by atoms with Crippen molar-refractivity contribution < 1.29 is 18.3 Å². The first-order valence-corrected chi connectivity index (χ1v) is 5.86. The standard InChI is InChI=1S/C12H15F3N2O/c1-2-11(18)6-7-17(8-11)10-5-3-4-9(16-10)12(13,14)15/h3-5,18H,2,6-8H2,1H3/t11-/m0/s1. The summed E-state index contributed by atoms with van der Waals surface area (Å²) in [4.78, 5) is 5.31. The van der Waals surface area contributed by atoms with Gasteiger partial charge < -0.3 is 10.0 Å². The van der Waals surface area contributed by atoms with Gasteiger partial charge >= 0.3 is 6.18 Å². The maximum absolute atomic E-state index is 12.5. The first kappa shape index (κ1) is 13.1. The van der Waals surface area contributed by atoms with Crippen molar-refractivity contribution in [2.75, 3.05) is 18.0 Å². The zero-order valence-corrected chi connectivity index (χ0v) is 10.0. The van der Waals surface area contributed by atoms with Crippen molar-refractivity contribution >= 4 is 5.82 Å². The van der Waals surface area contributed by atoms with Gasteiger partial charge in [-0.15, -0.1) is 0 Å². The van der Waals surface area contributed by atoms with Gasteiger partial charge in [0.05, 0.1) is 5.60 Å². The number of rotatable bonds is 2. The van der Waals surface area contributed by atoms with E-state index in [0.717, 1.165) is 6.07 Å². The van der Waals surface area contributed by atoms with E-state index in [2.05, 4.69) is 4.98 Å². The number of aromatic nitrogens is 1. The zero-order chi connectivity index (χ0) is 13.4. The van der Waals surface area contributed by atoms with Crippen molar-refractivity contribution in [3.63, 3.8) is 0 Å². The molecule has 0 saturated carbocycles. The molecular weight excluding hydrogens is 245 g/mol. The van der Waals surface area contributed by atoms with E-state index in [1.54, 1.807) is 4.90 Å². The molecule has 2 rings (SSSR count). The number of halogens is 3. The molecule has 0 bridgehead atoms. The Morgan fingerprint density at radius 1 is 1.44 bits per heavy atom. The number of hydrogen-bond donors (Lipinski definition) is 1. The van der Waals surface area contributed by atoms with Crippen LogP contribution in [0.1, 0.15) is 25.5 Å². The number of anilines is 1. The predicted molar refractivity (Wildman–Crippen MR) is 61.3 cm³/mol. The summed E-state index contributed by atoms with van der Waals surface area (Å²) in [7, 11) is 0. The number of pyridine rings is 1. The van der Waals surface area contributed by atoms with E-state index in [1.807, 2.05) is 6.92 Å². The summed E-state index contributed by atoms with van der Waals surface area (Å²) in [6.07, 6.45) is -3.29. The van der Waals surface area contributed by atoms with E-state index < -0.39 is 17.5 Å². The first-order chi connectivity index (χ1) is 8.34. The van der Waals surface area contributed by atoms with Crippen molar-refractivity contribution in [3.05, 3.63) is 23.9 Å². The highest BCUT2D eigenvalue weighted by atomic mass is 19.4. The second-order valence-electron chi connectivity index (χ2n) is 4.63. The average Bonchev–Trinajstić information content (AvgIpc) is 2.72. The van der Waals surface area contributed by atoms with E-state index in [9.17, 15) is 18.3 Å². The highest BCUT2D eigenvalue weighted by Crippen LogP contribution is 2.31. The molecule has 1 atom stereocenters. The van der Waals surface area contributed by atoms with Gasteiger partial charge in [0.25, 0.3) is 0 Å². The summed E-state index contributed by atoms with van der Waals surface area (Å²) in [6, 6.07) is 3.83. The fraction of sp³-hybridized carbons (Fsp3) is 0.583. The van der Waals surface area contributed by atoms with Gasteiger partial charge in [0.2, 0.25) is 0 Å². The van der Waals surface area contributed by atoms with Gasteiger partial charge in [0.15, 0.2) is 0 Å². The number of aliphatic hydroxyl groups is 1. The van der Waals surface area contributed by atoms with Gasteiger partial charge in [-0.25, -0.2) is 4.98 Å². The van der Waals surface area contributed by atoms with Crippen LogP contribution in [0.3, 0.4) is 0 Å². The molecule has 0 amide bonds. The Labute approximate surface area is 103 Å². The first-order valence-electron chi connectivity index (χ1n) is 5.86. The minimum Gasteiger partial charge on any atom is -0.388 e. The van der Waals surface area contributed by atoms with Crippen molar-refractivity contribution in [2.45, 2.75) is 31.5 Å². The third-order valence-electron chi connectivity index (χ3n) is 3.34. The molecule has 1 aromatic heterocycles. The lowest BCUT2D eigenvalue weighted by molar-refractivity contribution is -0.141. The minimum absolute atomic E-state index is 0.272. The number of β-amino-alcohol motifs (C(OH)–C–C–N with tert-alkyl or cyclic N) is 1. The fourth-order valence-electron chi connectivity index (χ4n) is 2.10. The van der Waals surface area contributed by atoms with Crippen molar-refractivity contribution in [1.82, 2.24) is 4.98 Å². The molecule has 100 valence electrons. The molecule has 6 heteroatoms. The molecule has 1 N–H and O–H groups in total. The molecule has 0 radical (unpaired) electrons. The summed E-state index contributed by atoms with van der Waals surface area (Å²) in [6.45, 7) is 2.72. The molecule has 0 spiro atoms. The number of alkyl halides is 3. The molecule has 1 aromatic rings. The molecule has 1 saturated heterocycles. The van der Waals surface area contributed by atoms with E-state index >= 15 is 0 Å². The Kier molecular flexibility index (Phi) is 3.23. The normalized spacial score (nSPS) is 24.6. The smallest absolute Gasteiger partial charge is 0.388 e. The second-order valence-corrected chi connectivity index (χ2v) is 4.63. The highest BCUT2D eigenvalue weighted by Gasteiger charge is 2.36. The minimum atomic E-state index is -4.43. The van der Waals surface area contributed by atoms with Crippen LogP contribution < -0.4 is 4.90 Å². The Bertz CT molecular complexity index is 436. The lowest BCUT2D eigenvalue weighted by atomic mass is 10.0. The van der Waals surface area contributed by atoms with Gasteiger partial charge in [-0.1, -0.05) is 13.0 Å². The number of hydrogen-bond acceptors (Lipinski definition) is 3. The topological polar surface area (TPSA) is 36.4 Å².